The van der Waals surface area contributed by atoms with Gasteiger partial charge in [0.25, 0.3) is 0 Å². The van der Waals surface area contributed by atoms with Crippen LogP contribution in [-0.2, 0) is 5.41 Å². The molecule has 0 N–H and O–H groups in total. The zero-order valence-corrected chi connectivity index (χ0v) is 30.0. The predicted molar refractivity (Wildman–Crippen MR) is 224 cm³/mol. The minimum Gasteiger partial charge on any atom is -0.309 e. The van der Waals surface area contributed by atoms with Crippen LogP contribution in [0.4, 0.5) is 0 Å². The molecule has 5 heterocycles. The van der Waals surface area contributed by atoms with Gasteiger partial charge >= 0.3 is 0 Å². The third kappa shape index (κ3) is 3.42. The number of fused-ring (bicyclic) bond motifs is 18. The number of para-hydroxylation sites is 4. The highest BCUT2D eigenvalue weighted by atomic mass is 32.2. The van der Waals surface area contributed by atoms with Crippen molar-refractivity contribution in [3.05, 3.63) is 192 Å². The van der Waals surface area contributed by atoms with E-state index < -0.39 is 5.41 Å². The van der Waals surface area contributed by atoms with Crippen LogP contribution in [0.5, 0.6) is 0 Å². The van der Waals surface area contributed by atoms with Crippen molar-refractivity contribution in [2.24, 2.45) is 0 Å². The smallest absolute Gasteiger partial charge is 0.0765 e. The first kappa shape index (κ1) is 28.5. The van der Waals surface area contributed by atoms with Crippen LogP contribution in [-0.4, -0.2) is 9.13 Å². The fraction of sp³-hybridized carbons (Fsp3) is 0.0204. The lowest BCUT2D eigenvalue weighted by Gasteiger charge is -2.45. The quantitative estimate of drug-likeness (QED) is 0.165. The average Bonchev–Trinajstić information content (AvgIpc) is 3.88. The van der Waals surface area contributed by atoms with Gasteiger partial charge in [-0.3, -0.25) is 0 Å². The zero-order chi connectivity index (χ0) is 34.4. The minimum absolute atomic E-state index is 0.527. The largest absolute Gasteiger partial charge is 0.309 e. The SMILES string of the molecule is c1ccc2c(c1)Sc1c(ccc3c4ccccc4n(-c4ccc5sc6ccccc6c5c4)c13)C21c2ccccc2-n2c3ccccc3c3cccc1c32. The number of thiophene rings is 1. The Labute approximate surface area is 313 Å². The van der Waals surface area contributed by atoms with Crippen molar-refractivity contribution in [2.75, 3.05) is 0 Å². The maximum Gasteiger partial charge on any atom is 0.0765 e. The van der Waals surface area contributed by atoms with Crippen molar-refractivity contribution in [2.45, 2.75) is 15.2 Å². The molecule has 0 saturated carbocycles. The van der Waals surface area contributed by atoms with Gasteiger partial charge < -0.3 is 9.13 Å². The van der Waals surface area contributed by atoms with Crippen molar-refractivity contribution in [3.8, 4) is 11.4 Å². The summed E-state index contributed by atoms with van der Waals surface area (Å²) in [5.41, 5.74) is 12.3. The molecule has 0 amide bonds. The molecule has 2 aliphatic heterocycles. The van der Waals surface area contributed by atoms with Crippen LogP contribution in [0.1, 0.15) is 22.3 Å². The molecule has 13 rings (SSSR count). The maximum absolute atomic E-state index is 2.55. The van der Waals surface area contributed by atoms with E-state index in [1.54, 1.807) is 0 Å². The third-order valence-electron chi connectivity index (χ3n) is 12.0. The molecule has 0 aliphatic carbocycles. The summed E-state index contributed by atoms with van der Waals surface area (Å²) in [6, 6.07) is 64.0. The second-order valence-corrected chi connectivity index (χ2v) is 16.5. The highest BCUT2D eigenvalue weighted by Gasteiger charge is 2.50. The van der Waals surface area contributed by atoms with E-state index in [1.807, 2.05) is 23.1 Å². The van der Waals surface area contributed by atoms with E-state index in [1.165, 1.54) is 107 Å². The Kier molecular flexibility index (Phi) is 5.42. The van der Waals surface area contributed by atoms with Crippen molar-refractivity contribution < 1.29 is 0 Å². The van der Waals surface area contributed by atoms with Gasteiger partial charge in [0, 0.05) is 57.2 Å². The Morgan fingerprint density at radius 1 is 0.396 bits per heavy atom. The fourth-order valence-corrected chi connectivity index (χ4v) is 12.4. The molecule has 1 unspecified atom stereocenters. The van der Waals surface area contributed by atoms with Gasteiger partial charge in [0.15, 0.2) is 0 Å². The molecule has 4 heteroatoms. The Morgan fingerprint density at radius 2 is 1.04 bits per heavy atom. The number of hydrogen-bond acceptors (Lipinski definition) is 2. The normalized spacial score (nSPS) is 15.9. The summed E-state index contributed by atoms with van der Waals surface area (Å²) in [5.74, 6) is 0. The summed E-state index contributed by atoms with van der Waals surface area (Å²) < 4.78 is 7.73. The first-order valence-corrected chi connectivity index (χ1v) is 19.8. The lowest BCUT2D eigenvalue weighted by atomic mass is 9.62. The standard InChI is InChI=1S/C49H28N2S2/c1-6-19-40-31(13-1)34-25-26-39-48(47(34)50(40)29-24-27-44-35(28-29)32-14-3-9-22-43(32)52-44)53-45-23-10-5-17-37(45)49(39)36-16-4-8-21-42(36)51-41-20-7-2-12-30(41)33-15-11-18-38(49)46(33)51/h1-28H. The van der Waals surface area contributed by atoms with Crippen LogP contribution in [0.15, 0.2) is 180 Å². The van der Waals surface area contributed by atoms with Crippen LogP contribution in [0.3, 0.4) is 0 Å². The molecule has 2 nitrogen and oxygen atoms in total. The summed E-state index contributed by atoms with van der Waals surface area (Å²) in [5, 5.41) is 7.79. The molecule has 1 atom stereocenters. The van der Waals surface area contributed by atoms with E-state index >= 15 is 0 Å². The zero-order valence-electron chi connectivity index (χ0n) is 28.4. The Morgan fingerprint density at radius 3 is 1.91 bits per heavy atom. The van der Waals surface area contributed by atoms with E-state index in [0.29, 0.717) is 0 Å². The molecule has 8 aromatic carbocycles. The second kappa shape index (κ2) is 10.1. The molecule has 1 spiro atoms. The Bertz CT molecular complexity index is 3400. The first-order chi connectivity index (χ1) is 26.3. The molecule has 11 aromatic rings. The van der Waals surface area contributed by atoms with Gasteiger partial charge in [-0.25, -0.2) is 0 Å². The Balaban J connectivity index is 1.22. The van der Waals surface area contributed by atoms with Gasteiger partial charge in [-0.2, -0.15) is 0 Å². The topological polar surface area (TPSA) is 9.86 Å². The van der Waals surface area contributed by atoms with E-state index in [2.05, 4.69) is 179 Å². The molecule has 246 valence electrons. The highest BCUT2D eigenvalue weighted by Crippen LogP contribution is 2.62. The van der Waals surface area contributed by atoms with Gasteiger partial charge in [-0.05, 0) is 70.8 Å². The number of aromatic nitrogens is 2. The fourth-order valence-electron chi connectivity index (χ4n) is 9.95. The lowest BCUT2D eigenvalue weighted by Crippen LogP contribution is -2.37. The van der Waals surface area contributed by atoms with Crippen molar-refractivity contribution >= 4 is 86.9 Å². The van der Waals surface area contributed by atoms with Gasteiger partial charge in [0.2, 0.25) is 0 Å². The molecule has 0 saturated heterocycles. The minimum atomic E-state index is -0.527. The van der Waals surface area contributed by atoms with Crippen molar-refractivity contribution in [1.82, 2.24) is 9.13 Å². The number of nitrogens with zero attached hydrogens (tertiary/aromatic N) is 2. The summed E-state index contributed by atoms with van der Waals surface area (Å²) in [6.07, 6.45) is 0. The summed E-state index contributed by atoms with van der Waals surface area (Å²) >= 11 is 3.81. The number of hydrogen-bond donors (Lipinski definition) is 0. The van der Waals surface area contributed by atoms with Crippen LogP contribution in [0.2, 0.25) is 0 Å². The molecular weight excluding hydrogens is 681 g/mol. The van der Waals surface area contributed by atoms with Crippen molar-refractivity contribution in [1.29, 1.82) is 0 Å². The molecule has 2 aliphatic rings. The second-order valence-electron chi connectivity index (χ2n) is 14.4. The summed E-state index contributed by atoms with van der Waals surface area (Å²) in [4.78, 5) is 2.63. The van der Waals surface area contributed by atoms with E-state index in [4.69, 9.17) is 0 Å². The maximum atomic E-state index is 2.55. The molecule has 53 heavy (non-hydrogen) atoms. The first-order valence-electron chi connectivity index (χ1n) is 18.2. The summed E-state index contributed by atoms with van der Waals surface area (Å²) in [6.45, 7) is 0. The number of rotatable bonds is 1. The Hall–Kier alpha value is -6.07. The molecule has 0 radical (unpaired) electrons. The van der Waals surface area contributed by atoms with E-state index in [0.717, 1.165) is 0 Å². The van der Waals surface area contributed by atoms with Crippen LogP contribution >= 0.6 is 23.1 Å². The van der Waals surface area contributed by atoms with Gasteiger partial charge in [-0.1, -0.05) is 133 Å². The van der Waals surface area contributed by atoms with Crippen LogP contribution in [0, 0.1) is 0 Å². The molecule has 0 bridgehead atoms. The average molecular weight is 709 g/mol. The van der Waals surface area contributed by atoms with Crippen molar-refractivity contribution in [3.63, 3.8) is 0 Å². The van der Waals surface area contributed by atoms with Gasteiger partial charge in [0.1, 0.15) is 0 Å². The van der Waals surface area contributed by atoms with Gasteiger partial charge in [0.05, 0.1) is 33.2 Å². The van der Waals surface area contributed by atoms with Gasteiger partial charge in [-0.15, -0.1) is 11.3 Å². The monoisotopic (exact) mass is 708 g/mol. The molecular formula is C49H28N2S2. The summed E-state index contributed by atoms with van der Waals surface area (Å²) in [7, 11) is 0. The van der Waals surface area contributed by atoms with Crippen LogP contribution < -0.4 is 0 Å². The third-order valence-corrected chi connectivity index (χ3v) is 14.3. The predicted octanol–water partition coefficient (Wildman–Crippen LogP) is 13.4. The number of benzene rings is 8. The highest BCUT2D eigenvalue weighted by molar-refractivity contribution is 7.99. The van der Waals surface area contributed by atoms with Crippen LogP contribution in [0.25, 0.3) is 75.2 Å². The molecule has 0 fully saturated rings. The van der Waals surface area contributed by atoms with E-state index in [9.17, 15) is 0 Å². The molecule has 3 aromatic heterocycles. The van der Waals surface area contributed by atoms with E-state index in [-0.39, 0.29) is 0 Å². The lowest BCUT2D eigenvalue weighted by molar-refractivity contribution is 0.691.